The zero-order valence-electron chi connectivity index (χ0n) is 20.9. The normalized spacial score (nSPS) is 16.0. The van der Waals surface area contributed by atoms with Crippen molar-refractivity contribution in [3.8, 4) is 22.3 Å². The maximum Gasteiger partial charge on any atom is 0.0158 e. The molecule has 0 unspecified atom stereocenters. The molecule has 0 saturated heterocycles. The number of fused-ring (bicyclic) bond motifs is 6. The summed E-state index contributed by atoms with van der Waals surface area (Å²) in [5.41, 5.74) is 14.7. The van der Waals surface area contributed by atoms with Crippen LogP contribution in [0.4, 0.5) is 0 Å². The van der Waals surface area contributed by atoms with Crippen molar-refractivity contribution in [2.75, 3.05) is 0 Å². The van der Waals surface area contributed by atoms with E-state index in [-0.39, 0.29) is 10.8 Å². The van der Waals surface area contributed by atoms with E-state index in [1.54, 1.807) is 0 Å². The molecule has 34 heavy (non-hydrogen) atoms. The number of hydrogen-bond acceptors (Lipinski definition) is 0. The number of aryl methyl sites for hydroxylation is 2. The largest absolute Gasteiger partial charge is 0.0619 e. The van der Waals surface area contributed by atoms with Gasteiger partial charge >= 0.3 is 0 Å². The fourth-order valence-electron chi connectivity index (χ4n) is 6.47. The predicted octanol–water partition coefficient (Wildman–Crippen LogP) is 8.86. The summed E-state index contributed by atoms with van der Waals surface area (Å²) in [7, 11) is 0. The van der Waals surface area contributed by atoms with Crippen molar-refractivity contribution in [1.29, 1.82) is 0 Å². The van der Waals surface area contributed by atoms with Gasteiger partial charge in [-0.3, -0.25) is 0 Å². The molecule has 0 N–H and O–H groups in total. The summed E-state index contributed by atoms with van der Waals surface area (Å²) in [4.78, 5) is 0. The van der Waals surface area contributed by atoms with Crippen molar-refractivity contribution in [1.82, 2.24) is 0 Å². The smallest absolute Gasteiger partial charge is 0.0158 e. The molecule has 0 amide bonds. The zero-order valence-corrected chi connectivity index (χ0v) is 20.9. The van der Waals surface area contributed by atoms with Crippen LogP contribution in [-0.2, 0) is 23.7 Å². The van der Waals surface area contributed by atoms with Crippen molar-refractivity contribution in [3.63, 3.8) is 0 Å². The summed E-state index contributed by atoms with van der Waals surface area (Å²) in [5.74, 6) is 0. The maximum atomic E-state index is 2.48. The highest BCUT2D eigenvalue weighted by atomic mass is 14.4. The number of hydrogen-bond donors (Lipinski definition) is 0. The van der Waals surface area contributed by atoms with E-state index >= 15 is 0 Å². The first-order valence-corrected chi connectivity index (χ1v) is 12.8. The zero-order chi connectivity index (χ0) is 23.5. The molecule has 4 aromatic rings. The second kappa shape index (κ2) is 7.70. The lowest BCUT2D eigenvalue weighted by molar-refractivity contribution is 0.655. The van der Waals surface area contributed by atoms with Crippen LogP contribution < -0.4 is 0 Å². The van der Waals surface area contributed by atoms with Gasteiger partial charge < -0.3 is 0 Å². The van der Waals surface area contributed by atoms with E-state index in [0.717, 1.165) is 12.8 Å². The first kappa shape index (κ1) is 21.4. The summed E-state index contributed by atoms with van der Waals surface area (Å²) in [6.45, 7) is 9.48. The van der Waals surface area contributed by atoms with Gasteiger partial charge in [-0.1, -0.05) is 113 Å². The molecule has 0 fully saturated rings. The third kappa shape index (κ3) is 3.19. The Kier molecular flexibility index (Phi) is 4.85. The average Bonchev–Trinajstić information content (AvgIpc) is 3.22. The van der Waals surface area contributed by atoms with E-state index in [9.17, 15) is 0 Å². The summed E-state index contributed by atoms with van der Waals surface area (Å²) >= 11 is 0. The minimum atomic E-state index is 0.0940. The average molecular weight is 443 g/mol. The second-order valence-electron chi connectivity index (χ2n) is 11.3. The fraction of sp³-hybridized carbons (Fsp3) is 0.294. The molecular weight excluding hydrogens is 408 g/mol. The summed E-state index contributed by atoms with van der Waals surface area (Å²) in [5, 5.41) is 0. The van der Waals surface area contributed by atoms with Crippen LogP contribution in [0.3, 0.4) is 0 Å². The second-order valence-corrected chi connectivity index (χ2v) is 11.3. The number of rotatable bonds is 5. The van der Waals surface area contributed by atoms with E-state index in [2.05, 4.69) is 113 Å². The summed E-state index contributed by atoms with van der Waals surface area (Å²) < 4.78 is 0. The summed E-state index contributed by atoms with van der Waals surface area (Å²) in [6, 6.07) is 32.2. The maximum absolute atomic E-state index is 2.48. The van der Waals surface area contributed by atoms with Crippen molar-refractivity contribution in [2.45, 2.75) is 64.2 Å². The Morgan fingerprint density at radius 3 is 1.26 bits per heavy atom. The van der Waals surface area contributed by atoms with Gasteiger partial charge in [-0.05, 0) is 81.3 Å². The monoisotopic (exact) mass is 442 g/mol. The molecule has 6 rings (SSSR count). The molecule has 0 atom stereocenters. The molecule has 170 valence electrons. The van der Waals surface area contributed by atoms with Gasteiger partial charge in [0.25, 0.3) is 0 Å². The standard InChI is InChI=1S/C34H34/c1-33(2)29-15-9-7-13-25(29)27-19-17-23(21-31(27)33)11-5-6-12-24-18-20-28-26-14-8-10-16-30(26)34(3,4)32(28)22-24/h7-10,13-22H,5-6,11-12H2,1-4H3. The molecular formula is C34H34. The van der Waals surface area contributed by atoms with Gasteiger partial charge in [0, 0.05) is 10.8 Å². The van der Waals surface area contributed by atoms with Crippen LogP contribution in [0.2, 0.25) is 0 Å². The molecule has 0 radical (unpaired) electrons. The molecule has 0 aromatic heterocycles. The van der Waals surface area contributed by atoms with Gasteiger partial charge in [-0.15, -0.1) is 0 Å². The Labute approximate surface area is 204 Å². The molecule has 0 heterocycles. The highest BCUT2D eigenvalue weighted by Gasteiger charge is 2.36. The highest BCUT2D eigenvalue weighted by molar-refractivity contribution is 5.81. The van der Waals surface area contributed by atoms with Crippen LogP contribution >= 0.6 is 0 Å². The molecule has 4 aromatic carbocycles. The van der Waals surface area contributed by atoms with E-state index in [4.69, 9.17) is 0 Å². The molecule has 2 aliphatic rings. The van der Waals surface area contributed by atoms with Gasteiger partial charge in [0.15, 0.2) is 0 Å². The SMILES string of the molecule is CC1(C)c2ccccc2-c2ccc(CCCCc3ccc4c(c3)C(C)(C)c3ccccc3-4)cc21. The Balaban J connectivity index is 1.14. The van der Waals surface area contributed by atoms with E-state index in [1.807, 2.05) is 0 Å². The van der Waals surface area contributed by atoms with Crippen LogP contribution in [0.15, 0.2) is 84.9 Å². The number of unbranched alkanes of at least 4 members (excludes halogenated alkanes) is 1. The van der Waals surface area contributed by atoms with Gasteiger partial charge in [-0.25, -0.2) is 0 Å². The highest BCUT2D eigenvalue weighted by Crippen LogP contribution is 2.49. The Bertz CT molecular complexity index is 1290. The fourth-order valence-corrected chi connectivity index (χ4v) is 6.47. The van der Waals surface area contributed by atoms with Crippen molar-refractivity contribution in [2.24, 2.45) is 0 Å². The molecule has 0 bridgehead atoms. The molecule has 0 nitrogen and oxygen atoms in total. The minimum Gasteiger partial charge on any atom is -0.0619 e. The molecule has 2 aliphatic carbocycles. The predicted molar refractivity (Wildman–Crippen MR) is 145 cm³/mol. The number of benzene rings is 4. The molecule has 0 saturated carbocycles. The lowest BCUT2D eigenvalue weighted by atomic mass is 9.81. The van der Waals surface area contributed by atoms with Crippen molar-refractivity contribution in [3.05, 3.63) is 118 Å². The lowest BCUT2D eigenvalue weighted by Crippen LogP contribution is -2.15. The van der Waals surface area contributed by atoms with Crippen molar-refractivity contribution < 1.29 is 0 Å². The molecule has 0 heteroatoms. The van der Waals surface area contributed by atoms with E-state index in [1.165, 1.54) is 68.5 Å². The van der Waals surface area contributed by atoms with Gasteiger partial charge in [-0.2, -0.15) is 0 Å². The minimum absolute atomic E-state index is 0.0940. The Morgan fingerprint density at radius 1 is 0.441 bits per heavy atom. The van der Waals surface area contributed by atoms with Gasteiger partial charge in [0.1, 0.15) is 0 Å². The quantitative estimate of drug-likeness (QED) is 0.271. The summed E-state index contributed by atoms with van der Waals surface area (Å²) in [6.07, 6.45) is 4.77. The van der Waals surface area contributed by atoms with Gasteiger partial charge in [0.05, 0.1) is 0 Å². The molecule has 0 aliphatic heterocycles. The lowest BCUT2D eigenvalue weighted by Gasteiger charge is -2.22. The van der Waals surface area contributed by atoms with E-state index < -0.39 is 0 Å². The van der Waals surface area contributed by atoms with E-state index in [0.29, 0.717) is 0 Å². The first-order valence-electron chi connectivity index (χ1n) is 12.8. The third-order valence-electron chi connectivity index (χ3n) is 8.48. The van der Waals surface area contributed by atoms with Crippen LogP contribution in [0.5, 0.6) is 0 Å². The van der Waals surface area contributed by atoms with Crippen LogP contribution in [0, 0.1) is 0 Å². The van der Waals surface area contributed by atoms with Crippen molar-refractivity contribution >= 4 is 0 Å². The van der Waals surface area contributed by atoms with Crippen LogP contribution in [0.1, 0.15) is 73.9 Å². The third-order valence-corrected chi connectivity index (χ3v) is 8.48. The van der Waals surface area contributed by atoms with Crippen LogP contribution in [0.25, 0.3) is 22.3 Å². The Morgan fingerprint density at radius 2 is 0.824 bits per heavy atom. The van der Waals surface area contributed by atoms with Crippen LogP contribution in [-0.4, -0.2) is 0 Å². The molecule has 0 spiro atoms. The van der Waals surface area contributed by atoms with Gasteiger partial charge in [0.2, 0.25) is 0 Å². The Hall–Kier alpha value is -3.12. The topological polar surface area (TPSA) is 0 Å². The first-order chi connectivity index (χ1) is 16.4.